The van der Waals surface area contributed by atoms with Gasteiger partial charge in [-0.3, -0.25) is 18.7 Å². The molecule has 2 heterocycles. The summed E-state index contributed by atoms with van der Waals surface area (Å²) >= 11 is 6.01. The molecule has 0 saturated carbocycles. The molecule has 0 fully saturated rings. The number of halogens is 1. The van der Waals surface area contributed by atoms with Gasteiger partial charge in [0.05, 0.1) is 12.3 Å². The van der Waals surface area contributed by atoms with Gasteiger partial charge in [0.15, 0.2) is 5.65 Å². The molecule has 0 aliphatic heterocycles. The molecule has 0 aliphatic carbocycles. The van der Waals surface area contributed by atoms with Crippen LogP contribution < -0.4 is 21.5 Å². The molecular formula is C16H15ClN4O4. The topological polar surface area (TPSA) is 88.1 Å². The number of rotatable bonds is 3. The fourth-order valence-electron chi connectivity index (χ4n) is 2.56. The first-order valence-electron chi connectivity index (χ1n) is 7.48. The van der Waals surface area contributed by atoms with Crippen LogP contribution in [0.1, 0.15) is 6.92 Å². The van der Waals surface area contributed by atoms with Gasteiger partial charge in [-0.15, -0.1) is 0 Å². The van der Waals surface area contributed by atoms with E-state index >= 15 is 0 Å². The summed E-state index contributed by atoms with van der Waals surface area (Å²) in [7, 11) is 2.75. The lowest BCUT2D eigenvalue weighted by molar-refractivity contribution is 0.303. The van der Waals surface area contributed by atoms with Crippen LogP contribution in [-0.2, 0) is 14.1 Å². The predicted molar refractivity (Wildman–Crippen MR) is 94.0 cm³/mol. The Bertz CT molecular complexity index is 1160. The number of hydrogen-bond acceptors (Lipinski definition) is 5. The average molecular weight is 363 g/mol. The Morgan fingerprint density at radius 1 is 1.12 bits per heavy atom. The molecule has 8 nitrogen and oxygen atoms in total. The maximum atomic E-state index is 13.0. The van der Waals surface area contributed by atoms with Crippen molar-refractivity contribution >= 4 is 22.6 Å². The second-order valence-electron chi connectivity index (χ2n) is 5.35. The SMILES string of the molecule is CCOc1nc2c(c(=O)n1-c1cccc(Cl)c1)c(=O)n(C)c(=O)n2C. The zero-order valence-electron chi connectivity index (χ0n) is 13.8. The first-order chi connectivity index (χ1) is 11.9. The van der Waals surface area contributed by atoms with E-state index in [4.69, 9.17) is 16.3 Å². The highest BCUT2D eigenvalue weighted by Gasteiger charge is 2.20. The van der Waals surface area contributed by atoms with E-state index in [2.05, 4.69) is 4.98 Å². The van der Waals surface area contributed by atoms with E-state index in [0.717, 1.165) is 9.13 Å². The maximum absolute atomic E-state index is 13.0. The van der Waals surface area contributed by atoms with Crippen molar-refractivity contribution in [3.8, 4) is 11.7 Å². The fraction of sp³-hybridized carbons (Fsp3) is 0.250. The minimum Gasteiger partial charge on any atom is -0.465 e. The largest absolute Gasteiger partial charge is 0.465 e. The molecule has 0 radical (unpaired) electrons. The summed E-state index contributed by atoms with van der Waals surface area (Å²) in [5, 5.41) is 0.216. The third-order valence-corrected chi connectivity index (χ3v) is 4.02. The van der Waals surface area contributed by atoms with E-state index in [1.165, 1.54) is 18.7 Å². The molecule has 0 unspecified atom stereocenters. The molecule has 0 aliphatic rings. The van der Waals surface area contributed by atoms with Crippen LogP contribution in [0.2, 0.25) is 5.02 Å². The molecule has 25 heavy (non-hydrogen) atoms. The van der Waals surface area contributed by atoms with Crippen LogP contribution in [0.5, 0.6) is 6.01 Å². The van der Waals surface area contributed by atoms with E-state index in [9.17, 15) is 14.4 Å². The van der Waals surface area contributed by atoms with E-state index in [1.807, 2.05) is 0 Å². The van der Waals surface area contributed by atoms with E-state index in [-0.39, 0.29) is 23.7 Å². The zero-order valence-corrected chi connectivity index (χ0v) is 14.6. The van der Waals surface area contributed by atoms with Crippen LogP contribution in [0, 0.1) is 0 Å². The molecule has 3 aromatic rings. The van der Waals surface area contributed by atoms with Gasteiger partial charge in [-0.1, -0.05) is 17.7 Å². The molecule has 0 bridgehead atoms. The lowest BCUT2D eigenvalue weighted by Crippen LogP contribution is -2.41. The summed E-state index contributed by atoms with van der Waals surface area (Å²) in [4.78, 5) is 41.9. The second kappa shape index (κ2) is 6.21. The van der Waals surface area contributed by atoms with Crippen molar-refractivity contribution in [3.05, 3.63) is 60.5 Å². The standard InChI is InChI=1S/C16H15ClN4O4/c1-4-25-15-18-12-11(13(22)20(3)16(24)19(12)2)14(23)21(15)10-7-5-6-9(17)8-10/h5-8H,4H2,1-3H3. The first-order valence-corrected chi connectivity index (χ1v) is 7.86. The highest BCUT2D eigenvalue weighted by atomic mass is 35.5. The highest BCUT2D eigenvalue weighted by molar-refractivity contribution is 6.30. The van der Waals surface area contributed by atoms with Gasteiger partial charge in [0.25, 0.3) is 11.1 Å². The Morgan fingerprint density at radius 2 is 1.84 bits per heavy atom. The quantitative estimate of drug-likeness (QED) is 0.688. The van der Waals surface area contributed by atoms with Crippen LogP contribution in [-0.4, -0.2) is 25.3 Å². The number of fused-ring (bicyclic) bond motifs is 1. The van der Waals surface area contributed by atoms with Crippen molar-refractivity contribution in [2.75, 3.05) is 6.61 Å². The smallest absolute Gasteiger partial charge is 0.332 e. The Balaban J connectivity index is 2.55. The molecule has 0 saturated heterocycles. The number of ether oxygens (including phenoxy) is 1. The van der Waals surface area contributed by atoms with Gasteiger partial charge in [0.1, 0.15) is 5.39 Å². The number of hydrogen-bond donors (Lipinski definition) is 0. The molecule has 0 atom stereocenters. The monoisotopic (exact) mass is 362 g/mol. The van der Waals surface area contributed by atoms with Crippen molar-refractivity contribution in [1.29, 1.82) is 0 Å². The molecule has 0 N–H and O–H groups in total. The van der Waals surface area contributed by atoms with Gasteiger partial charge in [0, 0.05) is 19.1 Å². The summed E-state index contributed by atoms with van der Waals surface area (Å²) < 4.78 is 8.65. The van der Waals surface area contributed by atoms with Crippen molar-refractivity contribution < 1.29 is 4.74 Å². The van der Waals surface area contributed by atoms with Crippen LogP contribution in [0.15, 0.2) is 38.6 Å². The van der Waals surface area contributed by atoms with E-state index in [1.54, 1.807) is 31.2 Å². The minimum absolute atomic E-state index is 0.0227. The fourth-order valence-corrected chi connectivity index (χ4v) is 2.74. The van der Waals surface area contributed by atoms with E-state index in [0.29, 0.717) is 10.7 Å². The number of benzene rings is 1. The Kier molecular flexibility index (Phi) is 4.22. The molecule has 0 amide bonds. The lowest BCUT2D eigenvalue weighted by Gasteiger charge is -2.14. The summed E-state index contributed by atoms with van der Waals surface area (Å²) in [5.74, 6) is 0. The third-order valence-electron chi connectivity index (χ3n) is 3.78. The van der Waals surface area contributed by atoms with Gasteiger partial charge in [-0.25, -0.2) is 9.36 Å². The maximum Gasteiger partial charge on any atom is 0.332 e. The van der Waals surface area contributed by atoms with Crippen molar-refractivity contribution in [3.63, 3.8) is 0 Å². The Morgan fingerprint density at radius 3 is 2.48 bits per heavy atom. The summed E-state index contributed by atoms with van der Waals surface area (Å²) in [6.07, 6.45) is 0. The van der Waals surface area contributed by atoms with E-state index < -0.39 is 16.8 Å². The normalized spacial score (nSPS) is 11.0. The number of aryl methyl sites for hydroxylation is 1. The van der Waals surface area contributed by atoms with Gasteiger partial charge in [0.2, 0.25) is 0 Å². The van der Waals surface area contributed by atoms with Gasteiger partial charge in [-0.05, 0) is 25.1 Å². The van der Waals surface area contributed by atoms with Gasteiger partial charge < -0.3 is 4.74 Å². The lowest BCUT2D eigenvalue weighted by atomic mass is 10.3. The molecule has 9 heteroatoms. The summed E-state index contributed by atoms with van der Waals surface area (Å²) in [6.45, 7) is 1.99. The van der Waals surface area contributed by atoms with Gasteiger partial charge >= 0.3 is 11.7 Å². The molecular weight excluding hydrogens is 348 g/mol. The van der Waals surface area contributed by atoms with Crippen LogP contribution >= 0.6 is 11.6 Å². The van der Waals surface area contributed by atoms with Crippen molar-refractivity contribution in [2.45, 2.75) is 6.92 Å². The molecule has 130 valence electrons. The molecule has 1 aromatic carbocycles. The number of nitrogens with zero attached hydrogens (tertiary/aromatic N) is 4. The van der Waals surface area contributed by atoms with Crippen molar-refractivity contribution in [1.82, 2.24) is 18.7 Å². The Labute approximate surface area is 146 Å². The Hall–Kier alpha value is -2.87. The zero-order chi connectivity index (χ0) is 18.3. The van der Waals surface area contributed by atoms with Crippen LogP contribution in [0.4, 0.5) is 0 Å². The molecule has 0 spiro atoms. The van der Waals surface area contributed by atoms with Gasteiger partial charge in [-0.2, -0.15) is 4.98 Å². The average Bonchev–Trinajstić information content (AvgIpc) is 2.58. The van der Waals surface area contributed by atoms with Crippen LogP contribution in [0.3, 0.4) is 0 Å². The summed E-state index contributed by atoms with van der Waals surface area (Å²) in [6, 6.07) is 6.52. The first kappa shape index (κ1) is 17.0. The number of aromatic nitrogens is 4. The molecule has 2 aromatic heterocycles. The predicted octanol–water partition coefficient (Wildman–Crippen LogP) is 0.835. The van der Waals surface area contributed by atoms with Crippen LogP contribution in [0.25, 0.3) is 16.7 Å². The van der Waals surface area contributed by atoms with Crippen molar-refractivity contribution in [2.24, 2.45) is 14.1 Å². The summed E-state index contributed by atoms with van der Waals surface area (Å²) in [5.41, 5.74) is -1.54. The second-order valence-corrected chi connectivity index (χ2v) is 5.79. The third kappa shape index (κ3) is 2.64. The highest BCUT2D eigenvalue weighted by Crippen LogP contribution is 2.19. The minimum atomic E-state index is -0.713. The molecule has 3 rings (SSSR count).